The van der Waals surface area contributed by atoms with Crippen LogP contribution in [-0.4, -0.2) is 31.3 Å². The monoisotopic (exact) mass is 283 g/mol. The summed E-state index contributed by atoms with van der Waals surface area (Å²) in [4.78, 5) is 13.8. The van der Waals surface area contributed by atoms with Crippen LogP contribution in [0.2, 0.25) is 0 Å². The normalized spacial score (nSPS) is 21.1. The first-order chi connectivity index (χ1) is 10.1. The van der Waals surface area contributed by atoms with Gasteiger partial charge in [-0.3, -0.25) is 4.79 Å². The Kier molecular flexibility index (Phi) is 3.39. The van der Waals surface area contributed by atoms with E-state index >= 15 is 0 Å². The van der Waals surface area contributed by atoms with Gasteiger partial charge in [0.2, 0.25) is 0 Å². The quantitative estimate of drug-likeness (QED) is 0.919. The van der Waals surface area contributed by atoms with Gasteiger partial charge in [0.15, 0.2) is 0 Å². The highest BCUT2D eigenvalue weighted by molar-refractivity contribution is 6.00. The van der Waals surface area contributed by atoms with E-state index in [9.17, 15) is 9.90 Å². The number of hydrogen-bond donors (Lipinski definition) is 1. The minimum absolute atomic E-state index is 0.290. The van der Waals surface area contributed by atoms with E-state index in [0.29, 0.717) is 5.75 Å². The second kappa shape index (κ2) is 5.22. The second-order valence-electron chi connectivity index (χ2n) is 5.16. The molecule has 2 aromatic rings. The highest BCUT2D eigenvalue weighted by Gasteiger charge is 2.38. The van der Waals surface area contributed by atoms with Gasteiger partial charge in [0, 0.05) is 18.7 Å². The number of methoxy groups -OCH3 is 1. The molecule has 0 bridgehead atoms. The number of nitrogens with zero attached hydrogens (tertiary/aromatic N) is 1. The van der Waals surface area contributed by atoms with Crippen molar-refractivity contribution in [3.05, 3.63) is 59.7 Å². The number of benzene rings is 2. The first-order valence-electron chi connectivity index (χ1n) is 6.82. The van der Waals surface area contributed by atoms with E-state index in [1.807, 2.05) is 48.5 Å². The number of fused-ring (bicyclic) bond motifs is 1. The van der Waals surface area contributed by atoms with Gasteiger partial charge in [0.05, 0.1) is 7.11 Å². The molecular weight excluding hydrogens is 266 g/mol. The fourth-order valence-electron chi connectivity index (χ4n) is 2.87. The van der Waals surface area contributed by atoms with E-state index in [-0.39, 0.29) is 11.8 Å². The van der Waals surface area contributed by atoms with Crippen LogP contribution < -0.4 is 9.64 Å². The summed E-state index contributed by atoms with van der Waals surface area (Å²) in [5.74, 6) is 0.0474. The maximum absolute atomic E-state index is 12.3. The lowest BCUT2D eigenvalue weighted by Gasteiger charge is -2.35. The topological polar surface area (TPSA) is 49.8 Å². The molecule has 2 aromatic carbocycles. The van der Waals surface area contributed by atoms with Gasteiger partial charge in [-0.1, -0.05) is 30.3 Å². The molecule has 1 aliphatic heterocycles. The fraction of sp³-hybridized carbons (Fsp3) is 0.235. The number of hydrogen-bond acceptors (Lipinski definition) is 3. The number of aliphatic hydroxyl groups excluding tert-OH is 1. The first kappa shape index (κ1) is 13.6. The Bertz CT molecular complexity index is 669. The van der Waals surface area contributed by atoms with E-state index in [1.165, 1.54) is 4.90 Å². The Labute approximate surface area is 123 Å². The summed E-state index contributed by atoms with van der Waals surface area (Å²) in [6.45, 7) is 0. The van der Waals surface area contributed by atoms with Crippen molar-refractivity contribution in [1.82, 2.24) is 0 Å². The zero-order valence-corrected chi connectivity index (χ0v) is 12.0. The number of rotatable bonds is 2. The van der Waals surface area contributed by atoms with Crippen molar-refractivity contribution in [1.29, 1.82) is 0 Å². The Hall–Kier alpha value is -2.33. The van der Waals surface area contributed by atoms with Gasteiger partial charge in [-0.05, 0) is 29.3 Å². The molecule has 0 aromatic heterocycles. The third kappa shape index (κ3) is 2.17. The van der Waals surface area contributed by atoms with Gasteiger partial charge in [0.1, 0.15) is 11.9 Å². The van der Waals surface area contributed by atoms with Crippen LogP contribution in [0.1, 0.15) is 17.0 Å². The van der Waals surface area contributed by atoms with E-state index in [1.54, 1.807) is 14.2 Å². The Morgan fingerprint density at radius 3 is 2.52 bits per heavy atom. The number of carbonyl (C=O) groups excluding carboxylic acids is 1. The molecule has 0 spiro atoms. The van der Waals surface area contributed by atoms with Crippen molar-refractivity contribution in [2.75, 3.05) is 19.1 Å². The third-order valence-electron chi connectivity index (χ3n) is 3.99. The average molecular weight is 283 g/mol. The fourth-order valence-corrected chi connectivity index (χ4v) is 2.87. The number of amides is 1. The number of ether oxygens (including phenoxy) is 1. The average Bonchev–Trinajstić information content (AvgIpc) is 2.53. The van der Waals surface area contributed by atoms with Gasteiger partial charge in [-0.15, -0.1) is 0 Å². The SMILES string of the molecule is COc1ccc2c(c1)C(c1ccccc1)C(O)C(=O)N2C. The zero-order valence-electron chi connectivity index (χ0n) is 12.0. The molecular formula is C17H17NO3. The molecule has 21 heavy (non-hydrogen) atoms. The molecule has 1 heterocycles. The lowest BCUT2D eigenvalue weighted by Crippen LogP contribution is -2.45. The number of anilines is 1. The van der Waals surface area contributed by atoms with E-state index < -0.39 is 6.10 Å². The summed E-state index contributed by atoms with van der Waals surface area (Å²) in [5.41, 5.74) is 2.62. The summed E-state index contributed by atoms with van der Waals surface area (Å²) >= 11 is 0. The smallest absolute Gasteiger partial charge is 0.256 e. The number of carbonyl (C=O) groups is 1. The number of likely N-dealkylation sites (N-methyl/N-ethyl adjacent to an activating group) is 1. The van der Waals surface area contributed by atoms with Gasteiger partial charge in [-0.2, -0.15) is 0 Å². The number of aliphatic hydroxyl groups is 1. The highest BCUT2D eigenvalue weighted by Crippen LogP contribution is 2.41. The second-order valence-corrected chi connectivity index (χ2v) is 5.16. The van der Waals surface area contributed by atoms with Crippen molar-refractivity contribution >= 4 is 11.6 Å². The summed E-state index contributed by atoms with van der Waals surface area (Å²) < 4.78 is 5.28. The maximum Gasteiger partial charge on any atom is 0.256 e. The predicted molar refractivity (Wildman–Crippen MR) is 80.7 cm³/mol. The lowest BCUT2D eigenvalue weighted by atomic mass is 9.82. The molecule has 1 amide bonds. The van der Waals surface area contributed by atoms with Crippen LogP contribution in [0.5, 0.6) is 5.75 Å². The highest BCUT2D eigenvalue weighted by atomic mass is 16.5. The van der Waals surface area contributed by atoms with E-state index in [2.05, 4.69) is 0 Å². The molecule has 108 valence electrons. The molecule has 0 radical (unpaired) electrons. The Morgan fingerprint density at radius 2 is 1.86 bits per heavy atom. The van der Waals surface area contributed by atoms with Crippen molar-refractivity contribution in [3.63, 3.8) is 0 Å². The van der Waals surface area contributed by atoms with Gasteiger partial charge in [0.25, 0.3) is 5.91 Å². The van der Waals surface area contributed by atoms with E-state index in [4.69, 9.17) is 4.74 Å². The lowest BCUT2D eigenvalue weighted by molar-refractivity contribution is -0.127. The largest absolute Gasteiger partial charge is 0.497 e. The molecule has 1 aliphatic rings. The summed E-state index contributed by atoms with van der Waals surface area (Å²) in [6.07, 6.45) is -1.09. The van der Waals surface area contributed by atoms with Gasteiger partial charge in [-0.25, -0.2) is 0 Å². The molecule has 4 nitrogen and oxygen atoms in total. The van der Waals surface area contributed by atoms with E-state index in [0.717, 1.165) is 16.8 Å². The first-order valence-corrected chi connectivity index (χ1v) is 6.82. The molecule has 2 atom stereocenters. The van der Waals surface area contributed by atoms with Crippen molar-refractivity contribution in [2.24, 2.45) is 0 Å². The van der Waals surface area contributed by atoms with Crippen LogP contribution >= 0.6 is 0 Å². The molecule has 0 fully saturated rings. The van der Waals surface area contributed by atoms with Crippen LogP contribution in [0.4, 0.5) is 5.69 Å². The molecule has 2 unspecified atom stereocenters. The van der Waals surface area contributed by atoms with Crippen molar-refractivity contribution < 1.29 is 14.6 Å². The molecule has 3 rings (SSSR count). The minimum atomic E-state index is -1.09. The van der Waals surface area contributed by atoms with Crippen LogP contribution in [0.3, 0.4) is 0 Å². The molecule has 0 saturated carbocycles. The minimum Gasteiger partial charge on any atom is -0.497 e. The van der Waals surface area contributed by atoms with Gasteiger partial charge >= 0.3 is 0 Å². The van der Waals surface area contributed by atoms with Crippen LogP contribution in [-0.2, 0) is 4.79 Å². The molecule has 0 saturated heterocycles. The van der Waals surface area contributed by atoms with Gasteiger partial charge < -0.3 is 14.7 Å². The van der Waals surface area contributed by atoms with Crippen LogP contribution in [0.15, 0.2) is 48.5 Å². The van der Waals surface area contributed by atoms with Crippen LogP contribution in [0.25, 0.3) is 0 Å². The maximum atomic E-state index is 12.3. The summed E-state index contributed by atoms with van der Waals surface area (Å²) in [7, 11) is 3.28. The molecule has 1 N–H and O–H groups in total. The Balaban J connectivity index is 2.20. The summed E-state index contributed by atoms with van der Waals surface area (Å²) in [5, 5.41) is 10.4. The summed E-state index contributed by atoms with van der Waals surface area (Å²) in [6, 6.07) is 15.1. The molecule has 4 heteroatoms. The van der Waals surface area contributed by atoms with Crippen molar-refractivity contribution in [3.8, 4) is 5.75 Å². The standard InChI is InChI=1S/C17H17NO3/c1-18-14-9-8-12(21-2)10-13(14)15(16(19)17(18)20)11-6-4-3-5-7-11/h3-10,15-16,19H,1-2H3. The third-order valence-corrected chi connectivity index (χ3v) is 3.99. The Morgan fingerprint density at radius 1 is 1.14 bits per heavy atom. The predicted octanol–water partition coefficient (Wildman–Crippen LogP) is 2.16. The van der Waals surface area contributed by atoms with Crippen LogP contribution in [0, 0.1) is 0 Å². The zero-order chi connectivity index (χ0) is 15.0. The molecule has 0 aliphatic carbocycles. The van der Waals surface area contributed by atoms with Crippen molar-refractivity contribution in [2.45, 2.75) is 12.0 Å².